The average molecular weight is 553 g/mol. The van der Waals surface area contributed by atoms with Crippen LogP contribution >= 0.6 is 23.2 Å². The molecule has 4 atom stereocenters. The summed E-state index contributed by atoms with van der Waals surface area (Å²) in [6.07, 6.45) is -2.69. The quantitative estimate of drug-likeness (QED) is 0.430. The Morgan fingerprint density at radius 1 is 1.08 bits per heavy atom. The van der Waals surface area contributed by atoms with Gasteiger partial charge in [-0.25, -0.2) is 4.79 Å². The molecule has 0 saturated carbocycles. The molecule has 37 heavy (non-hydrogen) atoms. The standard InChI is InChI=1S/C25H26Cl2N2O8/c26-18-2-1-3-19(27)17(18)12-35-16-6-4-14(5-7-16)10-20(25(33)34)28-23(31)21-22(37-13-36-21)24(32)29-9-8-15(30)11-29/h1-7,15,20-22,30H,8-13H2,(H,28,31)(H,33,34)/t15-,20+,21-,22-/m1/s1. The first-order valence-electron chi connectivity index (χ1n) is 11.6. The normalized spacial score (nSPS) is 22.0. The number of rotatable bonds is 9. The predicted octanol–water partition coefficient (Wildman–Crippen LogP) is 2.02. The van der Waals surface area contributed by atoms with Gasteiger partial charge in [-0.1, -0.05) is 41.4 Å². The zero-order valence-corrected chi connectivity index (χ0v) is 21.2. The summed E-state index contributed by atoms with van der Waals surface area (Å²) in [7, 11) is 0. The van der Waals surface area contributed by atoms with Crippen LogP contribution in [-0.2, 0) is 36.9 Å². The van der Waals surface area contributed by atoms with E-state index in [0.717, 1.165) is 0 Å². The highest BCUT2D eigenvalue weighted by molar-refractivity contribution is 6.35. The Morgan fingerprint density at radius 3 is 2.38 bits per heavy atom. The summed E-state index contributed by atoms with van der Waals surface area (Å²) in [6.45, 7) is 0.377. The number of aliphatic carboxylic acids is 1. The third-order valence-electron chi connectivity index (χ3n) is 6.17. The number of benzene rings is 2. The summed E-state index contributed by atoms with van der Waals surface area (Å²) < 4.78 is 16.3. The summed E-state index contributed by atoms with van der Waals surface area (Å²) >= 11 is 12.3. The summed E-state index contributed by atoms with van der Waals surface area (Å²) in [5.41, 5.74) is 1.29. The van der Waals surface area contributed by atoms with Crippen molar-refractivity contribution in [3.05, 3.63) is 63.6 Å². The maximum atomic E-state index is 12.8. The first-order valence-corrected chi connectivity index (χ1v) is 12.4. The number of ether oxygens (including phenoxy) is 3. The van der Waals surface area contributed by atoms with Crippen molar-refractivity contribution in [2.45, 2.75) is 43.8 Å². The molecule has 2 aromatic rings. The number of nitrogens with one attached hydrogen (secondary N) is 1. The fourth-order valence-corrected chi connectivity index (χ4v) is 4.64. The van der Waals surface area contributed by atoms with Gasteiger partial charge < -0.3 is 34.6 Å². The van der Waals surface area contributed by atoms with Crippen LogP contribution in [0, 0.1) is 0 Å². The fourth-order valence-electron chi connectivity index (χ4n) is 4.13. The number of nitrogens with zero attached hydrogens (tertiary/aromatic N) is 1. The van der Waals surface area contributed by atoms with Gasteiger partial charge in [0, 0.05) is 35.1 Å². The molecular formula is C25H26Cl2N2O8. The van der Waals surface area contributed by atoms with E-state index in [1.807, 2.05) is 0 Å². The number of carboxylic acids is 1. The molecule has 2 saturated heterocycles. The summed E-state index contributed by atoms with van der Waals surface area (Å²) in [5.74, 6) is -1.96. The number of halogens is 2. The van der Waals surface area contributed by atoms with Gasteiger partial charge in [0.2, 0.25) is 0 Å². The van der Waals surface area contributed by atoms with Crippen molar-refractivity contribution in [3.63, 3.8) is 0 Å². The van der Waals surface area contributed by atoms with Crippen molar-refractivity contribution in [2.75, 3.05) is 19.9 Å². The number of carbonyl (C=O) groups is 3. The molecule has 0 radical (unpaired) electrons. The molecular weight excluding hydrogens is 527 g/mol. The van der Waals surface area contributed by atoms with E-state index in [1.165, 1.54) is 4.90 Å². The molecule has 0 aromatic heterocycles. The predicted molar refractivity (Wildman–Crippen MR) is 132 cm³/mol. The summed E-state index contributed by atoms with van der Waals surface area (Å²) in [4.78, 5) is 38.8. The number of hydrogen-bond donors (Lipinski definition) is 3. The van der Waals surface area contributed by atoms with Crippen molar-refractivity contribution in [3.8, 4) is 5.75 Å². The molecule has 2 aliphatic heterocycles. The highest BCUT2D eigenvalue weighted by atomic mass is 35.5. The smallest absolute Gasteiger partial charge is 0.326 e. The Kier molecular flexibility index (Phi) is 8.88. The van der Waals surface area contributed by atoms with E-state index in [4.69, 9.17) is 37.4 Å². The molecule has 0 spiro atoms. The Hall–Kier alpha value is -2.89. The number of likely N-dealkylation sites (tertiary alicyclic amines) is 1. The molecule has 0 aliphatic carbocycles. The van der Waals surface area contributed by atoms with Crippen LogP contribution in [0.3, 0.4) is 0 Å². The van der Waals surface area contributed by atoms with Gasteiger partial charge >= 0.3 is 5.97 Å². The first kappa shape index (κ1) is 27.2. The van der Waals surface area contributed by atoms with Crippen LogP contribution in [0.4, 0.5) is 0 Å². The topological polar surface area (TPSA) is 135 Å². The molecule has 2 heterocycles. The first-order chi connectivity index (χ1) is 17.7. The third kappa shape index (κ3) is 6.71. The number of carboxylic acid groups (broad SMARTS) is 1. The van der Waals surface area contributed by atoms with E-state index in [9.17, 15) is 24.6 Å². The van der Waals surface area contributed by atoms with Crippen LogP contribution in [0.1, 0.15) is 17.5 Å². The lowest BCUT2D eigenvalue weighted by molar-refractivity contribution is -0.146. The molecule has 2 aliphatic rings. The van der Waals surface area contributed by atoms with Crippen molar-refractivity contribution >= 4 is 41.0 Å². The minimum atomic E-state index is -1.29. The fraction of sp³-hybridized carbons (Fsp3) is 0.400. The van der Waals surface area contributed by atoms with Crippen molar-refractivity contribution in [2.24, 2.45) is 0 Å². The Labute approximate surface area is 223 Å². The van der Waals surface area contributed by atoms with Crippen molar-refractivity contribution < 1.29 is 38.8 Å². The van der Waals surface area contributed by atoms with E-state index < -0.39 is 42.1 Å². The van der Waals surface area contributed by atoms with E-state index in [2.05, 4.69) is 5.32 Å². The van der Waals surface area contributed by atoms with E-state index in [0.29, 0.717) is 39.9 Å². The molecule has 2 aromatic carbocycles. The molecule has 198 valence electrons. The zero-order chi connectivity index (χ0) is 26.5. The van der Waals surface area contributed by atoms with Crippen molar-refractivity contribution in [1.29, 1.82) is 0 Å². The van der Waals surface area contributed by atoms with Crippen molar-refractivity contribution in [1.82, 2.24) is 10.2 Å². The summed E-state index contributed by atoms with van der Waals surface area (Å²) in [6, 6.07) is 10.6. The Bertz CT molecular complexity index is 1130. The molecule has 0 unspecified atom stereocenters. The largest absolute Gasteiger partial charge is 0.489 e. The minimum absolute atomic E-state index is 0.0117. The second kappa shape index (κ2) is 12.1. The van der Waals surface area contributed by atoms with Gasteiger partial charge in [0.1, 0.15) is 25.2 Å². The van der Waals surface area contributed by atoms with Gasteiger partial charge in [0.15, 0.2) is 12.2 Å². The SMILES string of the molecule is O=C(O)[C@H](Cc1ccc(OCc2c(Cl)cccc2Cl)cc1)NC(=O)[C@@H]1OCO[C@H]1C(=O)N1CC[C@@H](O)C1. The lowest BCUT2D eigenvalue weighted by Gasteiger charge is -2.23. The van der Waals surface area contributed by atoms with Crippen LogP contribution in [-0.4, -0.2) is 77.1 Å². The monoisotopic (exact) mass is 552 g/mol. The van der Waals surface area contributed by atoms with Crippen LogP contribution in [0.2, 0.25) is 10.0 Å². The zero-order valence-electron chi connectivity index (χ0n) is 19.6. The number of carbonyl (C=O) groups excluding carboxylic acids is 2. The van der Waals surface area contributed by atoms with Crippen LogP contribution in [0.5, 0.6) is 5.75 Å². The molecule has 0 bridgehead atoms. The lowest BCUT2D eigenvalue weighted by Crippen LogP contribution is -2.52. The molecule has 12 heteroatoms. The van der Waals surface area contributed by atoms with E-state index >= 15 is 0 Å². The summed E-state index contributed by atoms with van der Waals surface area (Å²) in [5, 5.41) is 22.8. The second-order valence-corrected chi connectivity index (χ2v) is 9.57. The van der Waals surface area contributed by atoms with E-state index in [-0.39, 0.29) is 26.4 Å². The van der Waals surface area contributed by atoms with E-state index in [1.54, 1.807) is 42.5 Å². The number of aliphatic hydroxyl groups is 1. The number of β-amino-alcohol motifs (C(OH)–C–C–N with tert-alkyl or cyclic N) is 1. The van der Waals surface area contributed by atoms with Gasteiger partial charge in [-0.2, -0.15) is 0 Å². The third-order valence-corrected chi connectivity index (χ3v) is 6.88. The van der Waals surface area contributed by atoms with Crippen LogP contribution in [0.25, 0.3) is 0 Å². The highest BCUT2D eigenvalue weighted by Crippen LogP contribution is 2.26. The van der Waals surface area contributed by atoms with Gasteiger partial charge in [0.05, 0.1) is 6.10 Å². The number of aliphatic hydroxyl groups excluding tert-OH is 1. The molecule has 2 amide bonds. The maximum Gasteiger partial charge on any atom is 0.326 e. The molecule has 10 nitrogen and oxygen atoms in total. The highest BCUT2D eigenvalue weighted by Gasteiger charge is 2.44. The van der Waals surface area contributed by atoms with Gasteiger partial charge in [-0.05, 0) is 36.2 Å². The van der Waals surface area contributed by atoms with Gasteiger partial charge in [0.25, 0.3) is 11.8 Å². The average Bonchev–Trinajstić information content (AvgIpc) is 3.53. The maximum absolute atomic E-state index is 12.8. The Morgan fingerprint density at radius 2 is 1.76 bits per heavy atom. The molecule has 3 N–H and O–H groups in total. The number of hydrogen-bond acceptors (Lipinski definition) is 7. The lowest BCUT2D eigenvalue weighted by atomic mass is 10.0. The second-order valence-electron chi connectivity index (χ2n) is 8.76. The molecule has 4 rings (SSSR count). The van der Waals surface area contributed by atoms with Gasteiger partial charge in [-0.15, -0.1) is 0 Å². The minimum Gasteiger partial charge on any atom is -0.489 e. The Balaban J connectivity index is 1.34. The van der Waals surface area contributed by atoms with Gasteiger partial charge in [-0.3, -0.25) is 9.59 Å². The van der Waals surface area contributed by atoms with Crippen LogP contribution < -0.4 is 10.1 Å². The molecule has 2 fully saturated rings. The number of amides is 2. The van der Waals surface area contributed by atoms with Crippen LogP contribution in [0.15, 0.2) is 42.5 Å².